The normalized spacial score (nSPS) is 11.1. The zero-order valence-corrected chi connectivity index (χ0v) is 13.7. The first-order valence-corrected chi connectivity index (χ1v) is 7.86. The van der Waals surface area contributed by atoms with Gasteiger partial charge in [-0.3, -0.25) is 0 Å². The highest BCUT2D eigenvalue weighted by atomic mass is 15.2. The van der Waals surface area contributed by atoms with E-state index < -0.39 is 0 Å². The minimum atomic E-state index is 0.972. The van der Waals surface area contributed by atoms with Gasteiger partial charge in [0, 0.05) is 31.9 Å². The number of benzene rings is 1. The molecule has 0 atom stereocenters. The molecule has 0 saturated heterocycles. The topological polar surface area (TPSA) is 18.5 Å². The van der Waals surface area contributed by atoms with Gasteiger partial charge in [-0.2, -0.15) is 0 Å². The van der Waals surface area contributed by atoms with Gasteiger partial charge in [-0.1, -0.05) is 26.0 Å². The lowest BCUT2D eigenvalue weighted by molar-refractivity contribution is 0.413. The number of hydrogen-bond acceptors (Lipinski definition) is 3. The first kappa shape index (κ1) is 17.0. The maximum atomic E-state index is 3.45. The molecule has 0 aliphatic heterocycles. The fraction of sp³-hybridized carbons (Fsp3) is 0.647. The Morgan fingerprint density at radius 1 is 0.900 bits per heavy atom. The van der Waals surface area contributed by atoms with Crippen molar-refractivity contribution in [3.8, 4) is 0 Å². The molecule has 0 aliphatic carbocycles. The first-order chi connectivity index (χ1) is 9.67. The molecule has 20 heavy (non-hydrogen) atoms. The summed E-state index contributed by atoms with van der Waals surface area (Å²) in [5, 5.41) is 3.45. The number of anilines is 1. The molecule has 1 aromatic carbocycles. The lowest BCUT2D eigenvalue weighted by atomic mass is 10.2. The van der Waals surface area contributed by atoms with Gasteiger partial charge in [-0.05, 0) is 51.2 Å². The van der Waals surface area contributed by atoms with Gasteiger partial charge in [-0.15, -0.1) is 0 Å². The number of hydrogen-bond donors (Lipinski definition) is 1. The third-order valence-electron chi connectivity index (χ3n) is 3.37. The van der Waals surface area contributed by atoms with Gasteiger partial charge in [0.25, 0.3) is 0 Å². The maximum Gasteiger partial charge on any atom is 0.0366 e. The molecule has 0 fully saturated rings. The number of rotatable bonds is 10. The summed E-state index contributed by atoms with van der Waals surface area (Å²) in [7, 11) is 4.26. The van der Waals surface area contributed by atoms with Crippen LogP contribution in [0.4, 0.5) is 5.69 Å². The SMILES string of the molecule is CCCNCc1ccc(N(CCC)CCN(C)C)cc1. The lowest BCUT2D eigenvalue weighted by Gasteiger charge is -2.26. The monoisotopic (exact) mass is 277 g/mol. The summed E-state index contributed by atoms with van der Waals surface area (Å²) < 4.78 is 0. The van der Waals surface area contributed by atoms with Crippen LogP contribution in [0.25, 0.3) is 0 Å². The average molecular weight is 277 g/mol. The van der Waals surface area contributed by atoms with Crippen molar-refractivity contribution in [3.05, 3.63) is 29.8 Å². The summed E-state index contributed by atoms with van der Waals surface area (Å²) >= 11 is 0. The molecule has 1 rings (SSSR count). The molecule has 1 aromatic rings. The second kappa shape index (κ2) is 9.78. The van der Waals surface area contributed by atoms with Gasteiger partial charge in [0.15, 0.2) is 0 Å². The minimum absolute atomic E-state index is 0.972. The molecule has 3 nitrogen and oxygen atoms in total. The summed E-state index contributed by atoms with van der Waals surface area (Å²) in [4.78, 5) is 4.72. The number of nitrogens with zero attached hydrogens (tertiary/aromatic N) is 2. The van der Waals surface area contributed by atoms with Crippen LogP contribution in [0.2, 0.25) is 0 Å². The van der Waals surface area contributed by atoms with Crippen LogP contribution in [0.15, 0.2) is 24.3 Å². The predicted molar refractivity (Wildman–Crippen MR) is 89.5 cm³/mol. The van der Waals surface area contributed by atoms with Gasteiger partial charge < -0.3 is 15.1 Å². The summed E-state index contributed by atoms with van der Waals surface area (Å²) in [6.45, 7) is 9.82. The lowest BCUT2D eigenvalue weighted by Crippen LogP contribution is -2.32. The largest absolute Gasteiger partial charge is 0.370 e. The molecule has 0 bridgehead atoms. The Morgan fingerprint density at radius 2 is 1.60 bits per heavy atom. The maximum absolute atomic E-state index is 3.45. The van der Waals surface area contributed by atoms with E-state index in [9.17, 15) is 0 Å². The molecule has 0 spiro atoms. The second-order valence-electron chi connectivity index (χ2n) is 5.63. The Bertz CT molecular complexity index is 346. The quantitative estimate of drug-likeness (QED) is 0.663. The van der Waals surface area contributed by atoms with Gasteiger partial charge in [-0.25, -0.2) is 0 Å². The van der Waals surface area contributed by atoms with Crippen molar-refractivity contribution in [3.63, 3.8) is 0 Å². The van der Waals surface area contributed by atoms with Crippen molar-refractivity contribution in [2.45, 2.75) is 33.2 Å². The van der Waals surface area contributed by atoms with E-state index in [1.165, 1.54) is 24.1 Å². The van der Waals surface area contributed by atoms with Crippen molar-refractivity contribution in [1.29, 1.82) is 0 Å². The molecule has 0 saturated carbocycles. The molecule has 0 amide bonds. The third kappa shape index (κ3) is 6.40. The van der Waals surface area contributed by atoms with E-state index in [-0.39, 0.29) is 0 Å². The van der Waals surface area contributed by atoms with Crippen molar-refractivity contribution in [2.75, 3.05) is 45.2 Å². The molecule has 0 aromatic heterocycles. The Kier molecular flexibility index (Phi) is 8.31. The molecular weight excluding hydrogens is 246 g/mol. The highest BCUT2D eigenvalue weighted by molar-refractivity contribution is 5.47. The van der Waals surface area contributed by atoms with Crippen molar-refractivity contribution in [2.24, 2.45) is 0 Å². The Morgan fingerprint density at radius 3 is 2.15 bits per heavy atom. The zero-order valence-electron chi connectivity index (χ0n) is 13.7. The van der Waals surface area contributed by atoms with Crippen LogP contribution in [-0.4, -0.2) is 45.2 Å². The van der Waals surface area contributed by atoms with E-state index in [4.69, 9.17) is 0 Å². The van der Waals surface area contributed by atoms with E-state index in [1.54, 1.807) is 0 Å². The Balaban J connectivity index is 2.57. The summed E-state index contributed by atoms with van der Waals surface area (Å²) in [6.07, 6.45) is 2.38. The van der Waals surface area contributed by atoms with Gasteiger partial charge in [0.2, 0.25) is 0 Å². The minimum Gasteiger partial charge on any atom is -0.370 e. The van der Waals surface area contributed by atoms with Crippen LogP contribution in [0.1, 0.15) is 32.3 Å². The predicted octanol–water partition coefficient (Wildman–Crippen LogP) is 2.96. The van der Waals surface area contributed by atoms with E-state index in [0.29, 0.717) is 0 Å². The zero-order chi connectivity index (χ0) is 14.8. The molecule has 0 aliphatic rings. The van der Waals surface area contributed by atoms with Gasteiger partial charge in [0.1, 0.15) is 0 Å². The summed E-state index contributed by atoms with van der Waals surface area (Å²) in [5.41, 5.74) is 2.71. The fourth-order valence-electron chi connectivity index (χ4n) is 2.19. The van der Waals surface area contributed by atoms with Gasteiger partial charge in [0.05, 0.1) is 0 Å². The van der Waals surface area contributed by atoms with Crippen LogP contribution in [0.5, 0.6) is 0 Å². The summed E-state index contributed by atoms with van der Waals surface area (Å²) in [5.74, 6) is 0. The smallest absolute Gasteiger partial charge is 0.0366 e. The molecule has 1 N–H and O–H groups in total. The van der Waals surface area contributed by atoms with Crippen LogP contribution in [-0.2, 0) is 6.54 Å². The fourth-order valence-corrected chi connectivity index (χ4v) is 2.19. The van der Waals surface area contributed by atoms with E-state index >= 15 is 0 Å². The number of nitrogens with one attached hydrogen (secondary N) is 1. The van der Waals surface area contributed by atoms with Crippen LogP contribution >= 0.6 is 0 Å². The van der Waals surface area contributed by atoms with Crippen LogP contribution in [0, 0.1) is 0 Å². The summed E-state index contributed by atoms with van der Waals surface area (Å²) in [6, 6.07) is 9.01. The molecular formula is C17H31N3. The molecule has 0 radical (unpaired) electrons. The Labute approximate surface area is 125 Å². The van der Waals surface area contributed by atoms with Gasteiger partial charge >= 0.3 is 0 Å². The second-order valence-corrected chi connectivity index (χ2v) is 5.63. The van der Waals surface area contributed by atoms with Crippen molar-refractivity contribution < 1.29 is 0 Å². The standard InChI is InChI=1S/C17H31N3/c1-5-11-18-15-16-7-9-17(10-8-16)20(12-6-2)14-13-19(3)4/h7-10,18H,5-6,11-15H2,1-4H3. The third-order valence-corrected chi connectivity index (χ3v) is 3.37. The highest BCUT2D eigenvalue weighted by Crippen LogP contribution is 2.15. The molecule has 0 heterocycles. The molecule has 114 valence electrons. The van der Waals surface area contributed by atoms with Crippen molar-refractivity contribution in [1.82, 2.24) is 10.2 Å². The highest BCUT2D eigenvalue weighted by Gasteiger charge is 2.05. The molecule has 3 heteroatoms. The number of likely N-dealkylation sites (N-methyl/N-ethyl adjacent to an activating group) is 1. The van der Waals surface area contributed by atoms with Crippen molar-refractivity contribution >= 4 is 5.69 Å². The van der Waals surface area contributed by atoms with E-state index in [1.807, 2.05) is 0 Å². The van der Waals surface area contributed by atoms with Crippen LogP contribution < -0.4 is 10.2 Å². The first-order valence-electron chi connectivity index (χ1n) is 7.86. The van der Waals surface area contributed by atoms with E-state index in [0.717, 1.165) is 32.7 Å². The average Bonchev–Trinajstić information content (AvgIpc) is 2.44. The molecule has 0 unspecified atom stereocenters. The van der Waals surface area contributed by atoms with Crippen LogP contribution in [0.3, 0.4) is 0 Å². The van der Waals surface area contributed by atoms with E-state index in [2.05, 4.69) is 67.3 Å². The Hall–Kier alpha value is -1.06.